The first-order valence-electron chi connectivity index (χ1n) is 4.67. The summed E-state index contributed by atoms with van der Waals surface area (Å²) in [5, 5.41) is 11.7. The lowest BCUT2D eigenvalue weighted by Crippen LogP contribution is -2.11. The van der Waals surface area contributed by atoms with E-state index in [1.54, 1.807) is 19.1 Å². The number of rotatable bonds is 2. The predicted octanol–water partition coefficient (Wildman–Crippen LogP) is 1.94. The Labute approximate surface area is 91.7 Å². The lowest BCUT2D eigenvalue weighted by Gasteiger charge is -2.00. The van der Waals surface area contributed by atoms with Gasteiger partial charge in [-0.15, -0.1) is 0 Å². The first-order chi connectivity index (χ1) is 7.65. The first kappa shape index (κ1) is 10.2. The number of carbonyl (C=O) groups is 1. The zero-order valence-corrected chi connectivity index (χ0v) is 8.60. The Kier molecular flexibility index (Phi) is 2.59. The summed E-state index contributed by atoms with van der Waals surface area (Å²) in [6, 6.07) is 6.18. The number of hydrogen-bond donors (Lipinski definition) is 2. The van der Waals surface area contributed by atoms with E-state index in [1.165, 1.54) is 18.4 Å². The lowest BCUT2D eigenvalue weighted by molar-refractivity contribution is 0.102. The Morgan fingerprint density at radius 1 is 1.50 bits per heavy atom. The van der Waals surface area contributed by atoms with Crippen LogP contribution in [-0.4, -0.2) is 16.0 Å². The average Bonchev–Trinajstić information content (AvgIpc) is 2.64. The highest BCUT2D eigenvalue weighted by molar-refractivity contribution is 6.03. The van der Waals surface area contributed by atoms with Crippen molar-refractivity contribution in [2.24, 2.45) is 0 Å². The van der Waals surface area contributed by atoms with Gasteiger partial charge in [0.15, 0.2) is 0 Å². The number of phenolic OH excluding ortho intramolecular Hbond substituents is 1. The van der Waals surface area contributed by atoms with Gasteiger partial charge in [0.2, 0.25) is 0 Å². The van der Waals surface area contributed by atoms with Crippen LogP contribution in [0.2, 0.25) is 0 Å². The summed E-state index contributed by atoms with van der Waals surface area (Å²) in [5.41, 5.74) is 1.03. The molecule has 0 unspecified atom stereocenters. The molecule has 0 aliphatic heterocycles. The second kappa shape index (κ2) is 4.06. The molecule has 0 saturated heterocycles. The van der Waals surface area contributed by atoms with Gasteiger partial charge in [-0.1, -0.05) is 6.07 Å². The minimum absolute atomic E-state index is 0.0382. The second-order valence-electron chi connectivity index (χ2n) is 3.30. The predicted molar refractivity (Wildman–Crippen MR) is 57.3 cm³/mol. The number of aromatic nitrogens is 1. The fraction of sp³-hybridized carbons (Fsp3) is 0.0909. The van der Waals surface area contributed by atoms with Crippen LogP contribution in [0.5, 0.6) is 5.75 Å². The van der Waals surface area contributed by atoms with Crippen LogP contribution in [0.4, 0.5) is 6.01 Å². The lowest BCUT2D eigenvalue weighted by atomic mass is 10.2. The minimum Gasteiger partial charge on any atom is -0.508 e. The third-order valence-electron chi connectivity index (χ3n) is 1.95. The van der Waals surface area contributed by atoms with Gasteiger partial charge in [-0.2, -0.15) is 4.98 Å². The van der Waals surface area contributed by atoms with Crippen molar-refractivity contribution in [2.45, 2.75) is 6.92 Å². The summed E-state index contributed by atoms with van der Waals surface area (Å²) < 4.78 is 4.98. The number of aryl methyl sites for hydroxylation is 1. The third kappa shape index (κ3) is 2.20. The van der Waals surface area contributed by atoms with Crippen LogP contribution >= 0.6 is 0 Å². The summed E-state index contributed by atoms with van der Waals surface area (Å²) in [5.74, 6) is -0.339. The number of anilines is 1. The molecule has 0 bridgehead atoms. The highest BCUT2D eigenvalue weighted by Crippen LogP contribution is 2.13. The third-order valence-corrected chi connectivity index (χ3v) is 1.95. The molecule has 2 rings (SSSR count). The number of carbonyl (C=O) groups excluding carboxylic acids is 1. The second-order valence-corrected chi connectivity index (χ2v) is 3.30. The molecule has 5 heteroatoms. The molecular weight excluding hydrogens is 208 g/mol. The highest BCUT2D eigenvalue weighted by Gasteiger charge is 2.09. The van der Waals surface area contributed by atoms with Crippen molar-refractivity contribution in [3.63, 3.8) is 0 Å². The maximum atomic E-state index is 11.7. The van der Waals surface area contributed by atoms with Gasteiger partial charge in [0.05, 0.1) is 5.69 Å². The number of amides is 1. The van der Waals surface area contributed by atoms with Crippen molar-refractivity contribution in [3.8, 4) is 5.75 Å². The van der Waals surface area contributed by atoms with Gasteiger partial charge in [0.25, 0.3) is 5.91 Å². The fourth-order valence-electron chi connectivity index (χ4n) is 1.23. The molecule has 2 aromatic rings. The summed E-state index contributed by atoms with van der Waals surface area (Å²) >= 11 is 0. The normalized spacial score (nSPS) is 10.1. The smallest absolute Gasteiger partial charge is 0.301 e. The molecule has 82 valence electrons. The van der Waals surface area contributed by atoms with Crippen LogP contribution in [0, 0.1) is 6.92 Å². The Hall–Kier alpha value is -2.30. The van der Waals surface area contributed by atoms with Crippen molar-refractivity contribution < 1.29 is 14.3 Å². The molecule has 0 radical (unpaired) electrons. The van der Waals surface area contributed by atoms with Gasteiger partial charge < -0.3 is 9.52 Å². The fourth-order valence-corrected chi connectivity index (χ4v) is 1.23. The molecular formula is C11H10N2O3. The number of hydrogen-bond acceptors (Lipinski definition) is 4. The molecule has 0 fully saturated rings. The van der Waals surface area contributed by atoms with Gasteiger partial charge in [-0.25, -0.2) is 0 Å². The first-order valence-corrected chi connectivity index (χ1v) is 4.67. The molecule has 0 saturated carbocycles. The summed E-state index contributed by atoms with van der Waals surface area (Å²) in [7, 11) is 0. The molecule has 1 amide bonds. The van der Waals surface area contributed by atoms with E-state index in [2.05, 4.69) is 10.3 Å². The van der Waals surface area contributed by atoms with Crippen LogP contribution in [0.1, 0.15) is 16.1 Å². The zero-order valence-electron chi connectivity index (χ0n) is 8.60. The Balaban J connectivity index is 2.14. The van der Waals surface area contributed by atoms with Crippen molar-refractivity contribution in [2.75, 3.05) is 5.32 Å². The molecule has 2 N–H and O–H groups in total. The van der Waals surface area contributed by atoms with E-state index in [-0.39, 0.29) is 17.7 Å². The van der Waals surface area contributed by atoms with E-state index in [9.17, 15) is 9.90 Å². The van der Waals surface area contributed by atoms with E-state index in [0.717, 1.165) is 0 Å². The van der Waals surface area contributed by atoms with Crippen LogP contribution in [0.25, 0.3) is 0 Å². The van der Waals surface area contributed by atoms with Crippen LogP contribution < -0.4 is 5.32 Å². The van der Waals surface area contributed by atoms with Crippen molar-refractivity contribution in [1.82, 2.24) is 4.98 Å². The van der Waals surface area contributed by atoms with Crippen LogP contribution in [0.3, 0.4) is 0 Å². The summed E-state index contributed by atoms with van der Waals surface area (Å²) in [4.78, 5) is 15.6. The maximum Gasteiger partial charge on any atom is 0.301 e. The molecule has 0 spiro atoms. The molecule has 16 heavy (non-hydrogen) atoms. The molecule has 0 atom stereocenters. The van der Waals surface area contributed by atoms with Crippen molar-refractivity contribution >= 4 is 11.9 Å². The van der Waals surface area contributed by atoms with Gasteiger partial charge in [0.1, 0.15) is 12.0 Å². The van der Waals surface area contributed by atoms with E-state index < -0.39 is 0 Å². The van der Waals surface area contributed by atoms with Gasteiger partial charge >= 0.3 is 6.01 Å². The number of nitrogens with zero attached hydrogens (tertiary/aromatic N) is 1. The molecule has 1 aromatic carbocycles. The number of aromatic hydroxyl groups is 1. The molecule has 5 nitrogen and oxygen atoms in total. The summed E-state index contributed by atoms with van der Waals surface area (Å²) in [6.07, 6.45) is 1.44. The standard InChI is InChI=1S/C11H10N2O3/c1-7-6-16-11(12-7)13-10(15)8-3-2-4-9(14)5-8/h2-6,14H,1H3,(H,12,13,15). The quantitative estimate of drug-likeness (QED) is 0.807. The molecule has 0 aliphatic rings. The highest BCUT2D eigenvalue weighted by atomic mass is 16.4. The molecule has 1 aromatic heterocycles. The SMILES string of the molecule is Cc1coc(NC(=O)c2cccc(O)c2)n1. The number of nitrogens with one attached hydrogen (secondary N) is 1. The average molecular weight is 218 g/mol. The zero-order chi connectivity index (χ0) is 11.5. The number of benzene rings is 1. The van der Waals surface area contributed by atoms with E-state index in [1.807, 2.05) is 0 Å². The van der Waals surface area contributed by atoms with Gasteiger partial charge in [-0.3, -0.25) is 10.1 Å². The molecule has 0 aliphatic carbocycles. The largest absolute Gasteiger partial charge is 0.508 e. The van der Waals surface area contributed by atoms with Crippen LogP contribution in [-0.2, 0) is 0 Å². The van der Waals surface area contributed by atoms with E-state index >= 15 is 0 Å². The number of oxazole rings is 1. The van der Waals surface area contributed by atoms with E-state index in [4.69, 9.17) is 4.42 Å². The van der Waals surface area contributed by atoms with Crippen molar-refractivity contribution in [3.05, 3.63) is 41.8 Å². The Morgan fingerprint density at radius 2 is 2.31 bits per heavy atom. The van der Waals surface area contributed by atoms with Gasteiger partial charge in [0, 0.05) is 5.56 Å². The van der Waals surface area contributed by atoms with Crippen LogP contribution in [0.15, 0.2) is 34.9 Å². The monoisotopic (exact) mass is 218 g/mol. The van der Waals surface area contributed by atoms with Crippen molar-refractivity contribution in [1.29, 1.82) is 0 Å². The Morgan fingerprint density at radius 3 is 2.94 bits per heavy atom. The van der Waals surface area contributed by atoms with Gasteiger partial charge in [-0.05, 0) is 25.1 Å². The summed E-state index contributed by atoms with van der Waals surface area (Å²) in [6.45, 7) is 1.76. The molecule has 1 heterocycles. The maximum absolute atomic E-state index is 11.7. The number of phenols is 1. The van der Waals surface area contributed by atoms with E-state index in [0.29, 0.717) is 11.3 Å². The topological polar surface area (TPSA) is 75.4 Å². The minimum atomic E-state index is -0.377. The Bertz CT molecular complexity index is 519.